The van der Waals surface area contributed by atoms with Crippen LogP contribution in [0.5, 0.6) is 0 Å². The number of fused-ring (bicyclic) bond motifs is 1. The molecule has 4 N–H and O–H groups in total. The lowest BCUT2D eigenvalue weighted by molar-refractivity contribution is 0.621. The van der Waals surface area contributed by atoms with Crippen LogP contribution < -0.4 is 11.5 Å². The van der Waals surface area contributed by atoms with E-state index in [2.05, 4.69) is 42.5 Å². The number of benzene rings is 2. The molecule has 0 heterocycles. The molecule has 0 saturated heterocycles. The summed E-state index contributed by atoms with van der Waals surface area (Å²) in [5, 5.41) is 2.51. The van der Waals surface area contributed by atoms with Gasteiger partial charge in [0.15, 0.2) is 0 Å². The summed E-state index contributed by atoms with van der Waals surface area (Å²) in [6, 6.07) is 14.8. The molecular weight excluding hydrogens is 196 g/mol. The Morgan fingerprint density at radius 2 is 1.75 bits per heavy atom. The summed E-state index contributed by atoms with van der Waals surface area (Å²) in [7, 11) is 0. The third-order valence-electron chi connectivity index (χ3n) is 2.94. The molecule has 2 nitrogen and oxygen atoms in total. The Hall–Kier alpha value is -1.38. The van der Waals surface area contributed by atoms with Crippen molar-refractivity contribution >= 4 is 10.8 Å². The van der Waals surface area contributed by atoms with Crippen molar-refractivity contribution in [2.75, 3.05) is 6.54 Å². The molecule has 2 heteroatoms. The summed E-state index contributed by atoms with van der Waals surface area (Å²) in [5.41, 5.74) is 12.9. The van der Waals surface area contributed by atoms with E-state index >= 15 is 0 Å². The van der Waals surface area contributed by atoms with Gasteiger partial charge in [0.2, 0.25) is 0 Å². The molecular formula is C14H18N2. The fourth-order valence-corrected chi connectivity index (χ4v) is 2.07. The molecule has 1 unspecified atom stereocenters. The number of nitrogens with two attached hydrogens (primary N) is 2. The lowest BCUT2D eigenvalue weighted by atomic mass is 9.96. The molecule has 1 atom stereocenters. The van der Waals surface area contributed by atoms with Crippen LogP contribution in [-0.4, -0.2) is 6.54 Å². The zero-order valence-electron chi connectivity index (χ0n) is 9.39. The second kappa shape index (κ2) is 5.10. The fraction of sp³-hybridized carbons (Fsp3) is 0.286. The lowest BCUT2D eigenvalue weighted by Gasteiger charge is -2.14. The summed E-state index contributed by atoms with van der Waals surface area (Å²) < 4.78 is 0. The lowest BCUT2D eigenvalue weighted by Crippen LogP contribution is -2.12. The topological polar surface area (TPSA) is 52.0 Å². The molecule has 0 fully saturated rings. The Labute approximate surface area is 96.3 Å². The molecule has 2 rings (SSSR count). The van der Waals surface area contributed by atoms with Crippen LogP contribution >= 0.6 is 0 Å². The first-order valence-corrected chi connectivity index (χ1v) is 5.76. The average Bonchev–Trinajstić information content (AvgIpc) is 2.35. The van der Waals surface area contributed by atoms with Crippen LogP contribution in [0.1, 0.15) is 24.4 Å². The molecule has 0 aliphatic heterocycles. The number of hydrogen-bond donors (Lipinski definition) is 2. The van der Waals surface area contributed by atoms with E-state index < -0.39 is 0 Å². The van der Waals surface area contributed by atoms with Gasteiger partial charge in [0.05, 0.1) is 0 Å². The quantitative estimate of drug-likeness (QED) is 0.822. The van der Waals surface area contributed by atoms with Crippen LogP contribution in [-0.2, 0) is 0 Å². The molecule has 84 valence electrons. The molecule has 2 aromatic rings. The first kappa shape index (κ1) is 11.1. The largest absolute Gasteiger partial charge is 0.330 e. The molecule has 0 bridgehead atoms. The summed E-state index contributed by atoms with van der Waals surface area (Å²) in [6.07, 6.45) is 1.93. The number of rotatable bonds is 4. The molecule has 0 aliphatic rings. The SMILES string of the molecule is NCCCC(N)c1cccc2ccccc12. The van der Waals surface area contributed by atoms with E-state index in [4.69, 9.17) is 11.5 Å². The Morgan fingerprint density at radius 3 is 2.56 bits per heavy atom. The maximum absolute atomic E-state index is 6.19. The highest BCUT2D eigenvalue weighted by molar-refractivity contribution is 5.86. The van der Waals surface area contributed by atoms with E-state index in [1.54, 1.807) is 0 Å². The molecule has 2 aromatic carbocycles. The standard InChI is InChI=1S/C14H18N2/c15-10-4-9-14(16)13-8-3-6-11-5-1-2-7-12(11)13/h1-3,5-8,14H,4,9-10,15-16H2. The van der Waals surface area contributed by atoms with E-state index in [-0.39, 0.29) is 6.04 Å². The van der Waals surface area contributed by atoms with Gasteiger partial charge in [-0.3, -0.25) is 0 Å². The minimum atomic E-state index is 0.0923. The smallest absolute Gasteiger partial charge is 0.0301 e. The zero-order chi connectivity index (χ0) is 11.4. The van der Waals surface area contributed by atoms with Gasteiger partial charge in [0.1, 0.15) is 0 Å². The molecule has 0 saturated carbocycles. The average molecular weight is 214 g/mol. The van der Waals surface area contributed by atoms with Crippen LogP contribution in [0.4, 0.5) is 0 Å². The third-order valence-corrected chi connectivity index (χ3v) is 2.94. The van der Waals surface area contributed by atoms with Crippen LogP contribution in [0.3, 0.4) is 0 Å². The van der Waals surface area contributed by atoms with Gasteiger partial charge in [0.25, 0.3) is 0 Å². The molecule has 0 radical (unpaired) electrons. The van der Waals surface area contributed by atoms with Crippen LogP contribution in [0.25, 0.3) is 10.8 Å². The van der Waals surface area contributed by atoms with Crippen molar-refractivity contribution in [3.8, 4) is 0 Å². The minimum Gasteiger partial charge on any atom is -0.330 e. The van der Waals surface area contributed by atoms with Crippen molar-refractivity contribution in [1.29, 1.82) is 0 Å². The van der Waals surface area contributed by atoms with Gasteiger partial charge < -0.3 is 11.5 Å². The molecule has 0 aromatic heterocycles. The van der Waals surface area contributed by atoms with E-state index in [1.807, 2.05) is 0 Å². The van der Waals surface area contributed by atoms with Crippen molar-refractivity contribution < 1.29 is 0 Å². The molecule has 0 aliphatic carbocycles. The van der Waals surface area contributed by atoms with Crippen molar-refractivity contribution in [1.82, 2.24) is 0 Å². The highest BCUT2D eigenvalue weighted by Gasteiger charge is 2.08. The highest BCUT2D eigenvalue weighted by Crippen LogP contribution is 2.25. The second-order valence-electron chi connectivity index (χ2n) is 4.11. The predicted octanol–water partition coefficient (Wildman–Crippen LogP) is 2.58. The summed E-state index contributed by atoms with van der Waals surface area (Å²) in [4.78, 5) is 0. The van der Waals surface area contributed by atoms with E-state index in [1.165, 1.54) is 16.3 Å². The molecule has 16 heavy (non-hydrogen) atoms. The van der Waals surface area contributed by atoms with Crippen LogP contribution in [0.2, 0.25) is 0 Å². The minimum absolute atomic E-state index is 0.0923. The number of hydrogen-bond acceptors (Lipinski definition) is 2. The first-order valence-electron chi connectivity index (χ1n) is 5.76. The summed E-state index contributed by atoms with van der Waals surface area (Å²) >= 11 is 0. The van der Waals surface area contributed by atoms with E-state index in [0.29, 0.717) is 6.54 Å². The third kappa shape index (κ3) is 2.23. The predicted molar refractivity (Wildman–Crippen MR) is 69.2 cm³/mol. The van der Waals surface area contributed by atoms with Gasteiger partial charge in [-0.15, -0.1) is 0 Å². The summed E-state index contributed by atoms with van der Waals surface area (Å²) in [6.45, 7) is 0.707. The maximum Gasteiger partial charge on any atom is 0.0301 e. The second-order valence-corrected chi connectivity index (χ2v) is 4.11. The van der Waals surface area contributed by atoms with Gasteiger partial charge in [0, 0.05) is 6.04 Å². The van der Waals surface area contributed by atoms with Crippen molar-refractivity contribution in [3.05, 3.63) is 48.0 Å². The molecule has 0 amide bonds. The normalized spacial score (nSPS) is 12.9. The maximum atomic E-state index is 6.19. The van der Waals surface area contributed by atoms with Crippen molar-refractivity contribution in [2.24, 2.45) is 11.5 Å². The van der Waals surface area contributed by atoms with Crippen LogP contribution in [0, 0.1) is 0 Å². The zero-order valence-corrected chi connectivity index (χ0v) is 9.39. The molecule has 0 spiro atoms. The Morgan fingerprint density at radius 1 is 1.00 bits per heavy atom. The Balaban J connectivity index is 2.36. The highest BCUT2D eigenvalue weighted by atomic mass is 14.6. The van der Waals surface area contributed by atoms with Gasteiger partial charge in [-0.1, -0.05) is 42.5 Å². The Bertz CT molecular complexity index is 460. The van der Waals surface area contributed by atoms with Gasteiger partial charge in [-0.25, -0.2) is 0 Å². The van der Waals surface area contributed by atoms with Crippen molar-refractivity contribution in [3.63, 3.8) is 0 Å². The first-order chi connectivity index (χ1) is 7.83. The van der Waals surface area contributed by atoms with Crippen molar-refractivity contribution in [2.45, 2.75) is 18.9 Å². The van der Waals surface area contributed by atoms with Gasteiger partial charge in [-0.05, 0) is 35.7 Å². The monoisotopic (exact) mass is 214 g/mol. The van der Waals surface area contributed by atoms with E-state index in [9.17, 15) is 0 Å². The van der Waals surface area contributed by atoms with Gasteiger partial charge in [-0.2, -0.15) is 0 Å². The van der Waals surface area contributed by atoms with Crippen LogP contribution in [0.15, 0.2) is 42.5 Å². The Kier molecular flexibility index (Phi) is 3.54. The van der Waals surface area contributed by atoms with E-state index in [0.717, 1.165) is 12.8 Å². The van der Waals surface area contributed by atoms with Gasteiger partial charge >= 0.3 is 0 Å². The fourth-order valence-electron chi connectivity index (χ4n) is 2.07. The summed E-state index contributed by atoms with van der Waals surface area (Å²) in [5.74, 6) is 0.